The molecule has 0 aliphatic carbocycles. The molecule has 2 aromatic rings. The highest BCUT2D eigenvalue weighted by atomic mass is 19.1. The molecule has 3 aliphatic rings. The summed E-state index contributed by atoms with van der Waals surface area (Å²) in [6, 6.07) is 7.26. The van der Waals surface area contributed by atoms with E-state index in [9.17, 15) is 9.18 Å². The Hall–Kier alpha value is -2.54. The molecule has 0 radical (unpaired) electrons. The Balaban J connectivity index is 1.40. The number of nitrogens with two attached hydrogens (primary N) is 1. The number of halogens is 1. The van der Waals surface area contributed by atoms with E-state index in [0.717, 1.165) is 56.4 Å². The summed E-state index contributed by atoms with van der Waals surface area (Å²) in [6.45, 7) is 2.71. The lowest BCUT2D eigenvalue weighted by Crippen LogP contribution is -2.65. The minimum atomic E-state index is -0.212. The van der Waals surface area contributed by atoms with Crippen LogP contribution in [0.3, 0.4) is 0 Å². The van der Waals surface area contributed by atoms with Crippen molar-refractivity contribution in [3.05, 3.63) is 53.6 Å². The van der Waals surface area contributed by atoms with Gasteiger partial charge in [0.2, 0.25) is 11.9 Å². The van der Waals surface area contributed by atoms with Crippen LogP contribution < -0.4 is 5.73 Å². The van der Waals surface area contributed by atoms with Gasteiger partial charge >= 0.3 is 0 Å². The van der Waals surface area contributed by atoms with E-state index in [1.807, 2.05) is 6.07 Å². The van der Waals surface area contributed by atoms with Crippen molar-refractivity contribution in [3.8, 4) is 0 Å². The number of anilines is 1. The van der Waals surface area contributed by atoms with E-state index < -0.39 is 0 Å². The number of likely N-dealkylation sites (tertiary alicyclic amines) is 1. The van der Waals surface area contributed by atoms with Crippen LogP contribution in [0.4, 0.5) is 10.3 Å². The number of carbonyl (C=O) groups is 1. The standard InChI is InChI=1S/C23H28FN5O/c24-19-4-1-3-15(7-19)8-21-18-9-17(20-5-2-6-22(30)29(20)21)13-28(14-18)12-16-10-26-23(25)27-11-16/h1,3-4,7,10-11,17-18,20-21H,2,5-6,8-9,12-14H2,(H2,25,26,27)/t17-,18+,20+,21+/m1/s1. The molecule has 1 aromatic heterocycles. The van der Waals surface area contributed by atoms with E-state index in [-0.39, 0.29) is 17.8 Å². The Morgan fingerprint density at radius 1 is 1.13 bits per heavy atom. The smallest absolute Gasteiger partial charge is 0.223 e. The van der Waals surface area contributed by atoms with Crippen LogP contribution in [0.5, 0.6) is 0 Å². The molecule has 1 aromatic carbocycles. The summed E-state index contributed by atoms with van der Waals surface area (Å²) in [4.78, 5) is 25.9. The number of benzene rings is 1. The first-order valence-corrected chi connectivity index (χ1v) is 10.9. The number of hydrogen-bond acceptors (Lipinski definition) is 5. The van der Waals surface area contributed by atoms with Crippen LogP contribution in [0.25, 0.3) is 0 Å². The fraction of sp³-hybridized carbons (Fsp3) is 0.522. The largest absolute Gasteiger partial charge is 0.368 e. The molecule has 6 nitrogen and oxygen atoms in total. The second kappa shape index (κ2) is 7.95. The maximum atomic E-state index is 13.8. The van der Waals surface area contributed by atoms with Crippen molar-refractivity contribution in [2.45, 2.75) is 50.7 Å². The van der Waals surface area contributed by atoms with Crippen LogP contribution in [-0.4, -0.2) is 50.8 Å². The van der Waals surface area contributed by atoms with Gasteiger partial charge in [0, 0.05) is 56.1 Å². The molecule has 3 saturated heterocycles. The van der Waals surface area contributed by atoms with Crippen LogP contribution in [0.1, 0.15) is 36.8 Å². The molecule has 0 spiro atoms. The average molecular weight is 410 g/mol. The summed E-state index contributed by atoms with van der Waals surface area (Å²) >= 11 is 0. The summed E-state index contributed by atoms with van der Waals surface area (Å²) in [6.07, 6.45) is 8.14. The summed E-state index contributed by atoms with van der Waals surface area (Å²) in [5.74, 6) is 1.24. The number of fused-ring (bicyclic) bond motifs is 4. The third kappa shape index (κ3) is 3.78. The van der Waals surface area contributed by atoms with Gasteiger partial charge in [0.1, 0.15) is 5.82 Å². The second-order valence-corrected chi connectivity index (χ2v) is 9.06. The molecule has 5 rings (SSSR count). The van der Waals surface area contributed by atoms with E-state index in [4.69, 9.17) is 5.73 Å². The van der Waals surface area contributed by atoms with Crippen molar-refractivity contribution in [2.75, 3.05) is 18.8 Å². The number of nitrogen functional groups attached to an aromatic ring is 1. The molecule has 1 amide bonds. The summed E-state index contributed by atoms with van der Waals surface area (Å²) in [7, 11) is 0. The SMILES string of the molecule is Nc1ncc(CN2C[C@H]3C[C@@H](C2)[C@H](Cc2cccc(F)c2)N2C(=O)CCC[C@@H]32)cn1. The van der Waals surface area contributed by atoms with Crippen molar-refractivity contribution in [1.82, 2.24) is 19.8 Å². The van der Waals surface area contributed by atoms with Gasteiger partial charge in [0.15, 0.2) is 0 Å². The van der Waals surface area contributed by atoms with Gasteiger partial charge in [-0.25, -0.2) is 14.4 Å². The Kier molecular flexibility index (Phi) is 5.15. The van der Waals surface area contributed by atoms with Crippen molar-refractivity contribution < 1.29 is 9.18 Å². The first kappa shape index (κ1) is 19.4. The zero-order valence-electron chi connectivity index (χ0n) is 17.1. The molecular weight excluding hydrogens is 381 g/mol. The molecule has 0 saturated carbocycles. The summed E-state index contributed by atoms with van der Waals surface area (Å²) in [5, 5.41) is 0. The molecule has 4 heterocycles. The van der Waals surface area contributed by atoms with E-state index >= 15 is 0 Å². The zero-order chi connectivity index (χ0) is 20.7. The van der Waals surface area contributed by atoms with Crippen LogP contribution >= 0.6 is 0 Å². The molecule has 30 heavy (non-hydrogen) atoms. The number of carbonyl (C=O) groups excluding carboxylic acids is 1. The number of aromatic nitrogens is 2. The van der Waals surface area contributed by atoms with Gasteiger partial charge in [-0.05, 0) is 55.2 Å². The van der Waals surface area contributed by atoms with E-state index in [1.165, 1.54) is 6.07 Å². The van der Waals surface area contributed by atoms with Gasteiger partial charge in [0.25, 0.3) is 0 Å². The summed E-state index contributed by atoms with van der Waals surface area (Å²) in [5.41, 5.74) is 7.65. The number of nitrogens with zero attached hydrogens (tertiary/aromatic N) is 4. The monoisotopic (exact) mass is 409 g/mol. The predicted molar refractivity (Wildman–Crippen MR) is 112 cm³/mol. The van der Waals surface area contributed by atoms with Gasteiger partial charge in [-0.3, -0.25) is 9.69 Å². The first-order valence-electron chi connectivity index (χ1n) is 10.9. The highest BCUT2D eigenvalue weighted by Gasteiger charge is 2.49. The lowest BCUT2D eigenvalue weighted by atomic mass is 9.70. The zero-order valence-corrected chi connectivity index (χ0v) is 17.1. The minimum Gasteiger partial charge on any atom is -0.368 e. The molecule has 3 aliphatic heterocycles. The maximum Gasteiger partial charge on any atom is 0.223 e. The lowest BCUT2D eigenvalue weighted by molar-refractivity contribution is -0.152. The number of hydrogen-bond donors (Lipinski definition) is 1. The minimum absolute atomic E-state index is 0.131. The third-order valence-corrected chi connectivity index (χ3v) is 7.04. The highest BCUT2D eigenvalue weighted by Crippen LogP contribution is 2.42. The highest BCUT2D eigenvalue weighted by molar-refractivity contribution is 5.78. The lowest BCUT2D eigenvalue weighted by Gasteiger charge is -2.57. The Morgan fingerprint density at radius 2 is 1.93 bits per heavy atom. The molecule has 7 heteroatoms. The van der Waals surface area contributed by atoms with Gasteiger partial charge < -0.3 is 10.6 Å². The number of piperidine rings is 3. The molecule has 158 valence electrons. The van der Waals surface area contributed by atoms with Crippen LogP contribution in [0.15, 0.2) is 36.7 Å². The fourth-order valence-corrected chi connectivity index (χ4v) is 5.87. The van der Waals surface area contributed by atoms with Crippen LogP contribution in [0.2, 0.25) is 0 Å². The predicted octanol–water partition coefficient (Wildman–Crippen LogP) is 2.64. The van der Waals surface area contributed by atoms with Crippen LogP contribution in [-0.2, 0) is 17.8 Å². The molecule has 2 bridgehead atoms. The van der Waals surface area contributed by atoms with Crippen molar-refractivity contribution in [2.24, 2.45) is 11.8 Å². The maximum absolute atomic E-state index is 13.8. The average Bonchev–Trinajstić information content (AvgIpc) is 2.73. The van der Waals surface area contributed by atoms with Gasteiger partial charge in [-0.2, -0.15) is 0 Å². The topological polar surface area (TPSA) is 75.3 Å². The quantitative estimate of drug-likeness (QED) is 0.840. The second-order valence-electron chi connectivity index (χ2n) is 9.06. The van der Waals surface area contributed by atoms with Crippen molar-refractivity contribution in [3.63, 3.8) is 0 Å². The molecule has 0 unspecified atom stereocenters. The molecule has 4 atom stereocenters. The number of amides is 1. The Labute approximate surface area is 176 Å². The van der Waals surface area contributed by atoms with Gasteiger partial charge in [-0.1, -0.05) is 12.1 Å². The Bertz CT molecular complexity index is 920. The summed E-state index contributed by atoms with van der Waals surface area (Å²) < 4.78 is 13.8. The van der Waals surface area contributed by atoms with Crippen molar-refractivity contribution >= 4 is 11.9 Å². The molecule has 2 N–H and O–H groups in total. The Morgan fingerprint density at radius 3 is 2.73 bits per heavy atom. The van der Waals surface area contributed by atoms with E-state index in [1.54, 1.807) is 24.5 Å². The van der Waals surface area contributed by atoms with Crippen LogP contribution in [0, 0.1) is 17.7 Å². The van der Waals surface area contributed by atoms with E-state index in [0.29, 0.717) is 30.2 Å². The number of rotatable bonds is 4. The van der Waals surface area contributed by atoms with Gasteiger partial charge in [0.05, 0.1) is 0 Å². The van der Waals surface area contributed by atoms with Crippen molar-refractivity contribution in [1.29, 1.82) is 0 Å². The van der Waals surface area contributed by atoms with Gasteiger partial charge in [-0.15, -0.1) is 0 Å². The molecular formula is C23H28FN5O. The first-order chi connectivity index (χ1) is 14.6. The fourth-order valence-electron chi connectivity index (χ4n) is 5.87. The normalized spacial score (nSPS) is 29.0. The third-order valence-electron chi connectivity index (χ3n) is 7.04. The van der Waals surface area contributed by atoms with E-state index in [2.05, 4.69) is 19.8 Å². The molecule has 3 fully saturated rings.